The van der Waals surface area contributed by atoms with Crippen LogP contribution in [0.15, 0.2) is 59.6 Å². The Bertz CT molecular complexity index is 1330. The summed E-state index contributed by atoms with van der Waals surface area (Å²) in [6.45, 7) is 0. The average Bonchev–Trinajstić information content (AvgIpc) is 3.11. The van der Waals surface area contributed by atoms with E-state index in [2.05, 4.69) is 25.5 Å². The third-order valence-corrected chi connectivity index (χ3v) is 5.42. The number of para-hydroxylation sites is 1. The maximum absolute atomic E-state index is 12.7. The number of rotatable bonds is 4. The standard InChI is InChI=1S/C19H16N6O3S/c1-29(27,28)12-8-6-11(7-9-12)15-10-21-17(20)16(22-15)19(26)23-18-13-4-2-3-5-14(13)24-25-18/h2-10H,1H3,(H2,20,21)(H2,23,24,25,26). The van der Waals surface area contributed by atoms with Gasteiger partial charge >= 0.3 is 0 Å². The van der Waals surface area contributed by atoms with E-state index in [1.165, 1.54) is 18.3 Å². The molecule has 0 aliphatic rings. The van der Waals surface area contributed by atoms with Crippen molar-refractivity contribution >= 4 is 38.3 Å². The summed E-state index contributed by atoms with van der Waals surface area (Å²) in [5.41, 5.74) is 7.56. The lowest BCUT2D eigenvalue weighted by molar-refractivity contribution is 0.102. The van der Waals surface area contributed by atoms with Crippen LogP contribution in [0.5, 0.6) is 0 Å². The molecule has 2 heterocycles. The molecule has 0 atom stereocenters. The van der Waals surface area contributed by atoms with Crippen molar-refractivity contribution in [3.05, 3.63) is 60.4 Å². The SMILES string of the molecule is CS(=O)(=O)c1ccc(-c2cnc(N)c(C(=O)Nc3n[nH]c4ccccc34)n2)cc1. The Balaban J connectivity index is 1.65. The maximum Gasteiger partial charge on any atom is 0.279 e. The molecule has 0 saturated heterocycles. The quantitative estimate of drug-likeness (QED) is 0.470. The Morgan fingerprint density at radius 1 is 1.10 bits per heavy atom. The molecular formula is C19H16N6O3S. The van der Waals surface area contributed by atoms with E-state index in [0.717, 1.165) is 17.2 Å². The Morgan fingerprint density at radius 2 is 1.83 bits per heavy atom. The molecular weight excluding hydrogens is 392 g/mol. The first-order valence-corrected chi connectivity index (χ1v) is 10.4. The largest absolute Gasteiger partial charge is 0.382 e. The monoisotopic (exact) mass is 408 g/mol. The van der Waals surface area contributed by atoms with E-state index in [1.54, 1.807) is 12.1 Å². The second-order valence-corrected chi connectivity index (χ2v) is 8.37. The topological polar surface area (TPSA) is 144 Å². The van der Waals surface area contributed by atoms with Crippen molar-refractivity contribution in [2.75, 3.05) is 17.3 Å². The Morgan fingerprint density at radius 3 is 2.55 bits per heavy atom. The molecule has 0 aliphatic heterocycles. The van der Waals surface area contributed by atoms with Gasteiger partial charge in [0.25, 0.3) is 5.91 Å². The molecule has 0 bridgehead atoms. The van der Waals surface area contributed by atoms with Crippen LogP contribution in [0, 0.1) is 0 Å². The van der Waals surface area contributed by atoms with Crippen molar-refractivity contribution in [2.24, 2.45) is 0 Å². The number of nitrogens with one attached hydrogen (secondary N) is 2. The molecule has 0 spiro atoms. The van der Waals surface area contributed by atoms with Gasteiger partial charge in [-0.25, -0.2) is 18.4 Å². The summed E-state index contributed by atoms with van der Waals surface area (Å²) in [6.07, 6.45) is 2.55. The van der Waals surface area contributed by atoms with Crippen molar-refractivity contribution in [1.82, 2.24) is 20.2 Å². The molecule has 29 heavy (non-hydrogen) atoms. The van der Waals surface area contributed by atoms with Gasteiger partial charge in [0.05, 0.1) is 22.3 Å². The molecule has 0 saturated carbocycles. The van der Waals surface area contributed by atoms with Gasteiger partial charge in [-0.15, -0.1) is 0 Å². The number of hydrogen-bond donors (Lipinski definition) is 3. The predicted octanol–water partition coefficient (Wildman–Crippen LogP) is 2.26. The smallest absolute Gasteiger partial charge is 0.279 e. The number of nitrogens with zero attached hydrogens (tertiary/aromatic N) is 3. The number of carbonyl (C=O) groups is 1. The summed E-state index contributed by atoms with van der Waals surface area (Å²) < 4.78 is 23.2. The van der Waals surface area contributed by atoms with Crippen LogP contribution >= 0.6 is 0 Å². The van der Waals surface area contributed by atoms with Crippen LogP contribution in [-0.2, 0) is 9.84 Å². The molecule has 4 aromatic rings. The highest BCUT2D eigenvalue weighted by Gasteiger charge is 2.17. The van der Waals surface area contributed by atoms with Gasteiger partial charge in [-0.2, -0.15) is 5.10 Å². The number of amides is 1. The van der Waals surface area contributed by atoms with Gasteiger partial charge in [0.15, 0.2) is 27.2 Å². The van der Waals surface area contributed by atoms with E-state index in [4.69, 9.17) is 5.73 Å². The lowest BCUT2D eigenvalue weighted by Gasteiger charge is -2.08. The minimum absolute atomic E-state index is 0.0288. The molecule has 146 valence electrons. The van der Waals surface area contributed by atoms with E-state index in [-0.39, 0.29) is 16.4 Å². The summed E-state index contributed by atoms with van der Waals surface area (Å²) in [5, 5.41) is 10.4. The molecule has 4 rings (SSSR count). The zero-order valence-corrected chi connectivity index (χ0v) is 16.1. The minimum atomic E-state index is -3.31. The molecule has 2 aromatic carbocycles. The predicted molar refractivity (Wildman–Crippen MR) is 109 cm³/mol. The molecule has 9 nitrogen and oxygen atoms in total. The number of nitrogen functional groups attached to an aromatic ring is 1. The van der Waals surface area contributed by atoms with Gasteiger partial charge in [0.1, 0.15) is 0 Å². The Kier molecular flexibility index (Phi) is 4.47. The molecule has 0 radical (unpaired) electrons. The highest BCUT2D eigenvalue weighted by molar-refractivity contribution is 7.90. The lowest BCUT2D eigenvalue weighted by Crippen LogP contribution is -2.17. The molecule has 1 amide bonds. The number of anilines is 2. The van der Waals surface area contributed by atoms with Gasteiger partial charge in [0.2, 0.25) is 0 Å². The third kappa shape index (κ3) is 3.65. The highest BCUT2D eigenvalue weighted by atomic mass is 32.2. The van der Waals surface area contributed by atoms with Crippen LogP contribution < -0.4 is 11.1 Å². The maximum atomic E-state index is 12.7. The summed E-state index contributed by atoms with van der Waals surface area (Å²) in [5.74, 6) is -0.226. The van der Waals surface area contributed by atoms with Crippen molar-refractivity contribution in [3.8, 4) is 11.3 Å². The molecule has 0 unspecified atom stereocenters. The number of benzene rings is 2. The number of hydrogen-bond acceptors (Lipinski definition) is 7. The van der Waals surface area contributed by atoms with E-state index < -0.39 is 15.7 Å². The van der Waals surface area contributed by atoms with Crippen LogP contribution in [0.4, 0.5) is 11.6 Å². The number of nitrogens with two attached hydrogens (primary N) is 1. The molecule has 0 aliphatic carbocycles. The van der Waals surface area contributed by atoms with Gasteiger partial charge in [-0.1, -0.05) is 24.3 Å². The Hall–Kier alpha value is -3.79. The summed E-state index contributed by atoms with van der Waals surface area (Å²) >= 11 is 0. The molecule has 10 heteroatoms. The highest BCUT2D eigenvalue weighted by Crippen LogP contribution is 2.23. The number of carbonyl (C=O) groups excluding carboxylic acids is 1. The van der Waals surface area contributed by atoms with Crippen molar-refractivity contribution in [2.45, 2.75) is 4.90 Å². The van der Waals surface area contributed by atoms with Crippen LogP contribution in [0.1, 0.15) is 10.5 Å². The van der Waals surface area contributed by atoms with Crippen LogP contribution in [0.3, 0.4) is 0 Å². The van der Waals surface area contributed by atoms with Crippen LogP contribution in [-0.4, -0.2) is 40.7 Å². The van der Waals surface area contributed by atoms with Crippen molar-refractivity contribution in [3.63, 3.8) is 0 Å². The fourth-order valence-corrected chi connectivity index (χ4v) is 3.43. The summed E-state index contributed by atoms with van der Waals surface area (Å²) in [7, 11) is -3.31. The number of aromatic nitrogens is 4. The molecule has 4 N–H and O–H groups in total. The van der Waals surface area contributed by atoms with Gasteiger partial charge in [-0.3, -0.25) is 9.89 Å². The second kappa shape index (κ2) is 6.99. The number of H-pyrrole nitrogens is 1. The fraction of sp³-hybridized carbons (Fsp3) is 0.0526. The lowest BCUT2D eigenvalue weighted by atomic mass is 10.1. The number of fused-ring (bicyclic) bond motifs is 1. The minimum Gasteiger partial charge on any atom is -0.382 e. The number of sulfone groups is 1. The zero-order valence-electron chi connectivity index (χ0n) is 15.2. The normalized spacial score (nSPS) is 11.5. The van der Waals surface area contributed by atoms with Crippen molar-refractivity contribution < 1.29 is 13.2 Å². The van der Waals surface area contributed by atoms with Gasteiger partial charge in [0, 0.05) is 17.2 Å². The summed E-state index contributed by atoms with van der Waals surface area (Å²) in [4.78, 5) is 21.3. The van der Waals surface area contributed by atoms with Gasteiger partial charge in [-0.05, 0) is 24.3 Å². The van der Waals surface area contributed by atoms with Crippen LogP contribution in [0.2, 0.25) is 0 Å². The third-order valence-electron chi connectivity index (χ3n) is 4.30. The van der Waals surface area contributed by atoms with Gasteiger partial charge < -0.3 is 11.1 Å². The molecule has 0 fully saturated rings. The van der Waals surface area contributed by atoms with E-state index in [0.29, 0.717) is 17.1 Å². The van der Waals surface area contributed by atoms with Crippen molar-refractivity contribution in [1.29, 1.82) is 0 Å². The van der Waals surface area contributed by atoms with Crippen LogP contribution in [0.25, 0.3) is 22.2 Å². The number of aromatic amines is 1. The van der Waals surface area contributed by atoms with E-state index >= 15 is 0 Å². The zero-order chi connectivity index (χ0) is 20.6. The second-order valence-electron chi connectivity index (χ2n) is 6.36. The first kappa shape index (κ1) is 18.6. The molecule has 2 aromatic heterocycles. The first-order chi connectivity index (χ1) is 13.8. The Labute approximate surface area is 165 Å². The van der Waals surface area contributed by atoms with E-state index in [1.807, 2.05) is 24.3 Å². The first-order valence-electron chi connectivity index (χ1n) is 8.50. The van der Waals surface area contributed by atoms with E-state index in [9.17, 15) is 13.2 Å². The fourth-order valence-electron chi connectivity index (χ4n) is 2.80. The average molecular weight is 408 g/mol. The summed E-state index contributed by atoms with van der Waals surface area (Å²) in [6, 6.07) is 13.5.